The van der Waals surface area contributed by atoms with Gasteiger partial charge in [-0.2, -0.15) is 0 Å². The zero-order chi connectivity index (χ0) is 23.2. The smallest absolute Gasteiger partial charge is 0.242 e. The number of nitrogens with one attached hydrogen (secondary N) is 1. The van der Waals surface area contributed by atoms with Gasteiger partial charge in [-0.1, -0.05) is 59.1 Å². The maximum atomic E-state index is 13.1. The minimum atomic E-state index is -0.600. The highest BCUT2D eigenvalue weighted by Crippen LogP contribution is 2.28. The number of aryl methyl sites for hydroxylation is 1. The molecule has 0 saturated heterocycles. The van der Waals surface area contributed by atoms with E-state index >= 15 is 0 Å². The third-order valence-corrected chi connectivity index (χ3v) is 6.32. The van der Waals surface area contributed by atoms with Gasteiger partial charge in [-0.25, -0.2) is 0 Å². The molecule has 0 aliphatic heterocycles. The summed E-state index contributed by atoms with van der Waals surface area (Å²) in [6.07, 6.45) is 0. The number of carbonyl (C=O) groups is 2. The van der Waals surface area contributed by atoms with Gasteiger partial charge in [-0.15, -0.1) is 11.8 Å². The van der Waals surface area contributed by atoms with Gasteiger partial charge in [-0.3, -0.25) is 9.59 Å². The Balaban J connectivity index is 2.13. The van der Waals surface area contributed by atoms with Crippen molar-refractivity contribution in [3.05, 3.63) is 69.2 Å². The van der Waals surface area contributed by atoms with Crippen LogP contribution in [-0.4, -0.2) is 34.0 Å². The van der Waals surface area contributed by atoms with Crippen molar-refractivity contribution < 1.29 is 9.59 Å². The Bertz CT molecular complexity index is 891. The molecule has 2 rings (SSSR count). The number of halogens is 2. The highest BCUT2D eigenvalue weighted by molar-refractivity contribution is 7.99. The third kappa shape index (κ3) is 8.06. The molecular weight excluding hydrogens is 451 g/mol. The van der Waals surface area contributed by atoms with E-state index in [2.05, 4.69) is 5.32 Å². The molecule has 0 spiro atoms. The van der Waals surface area contributed by atoms with Crippen LogP contribution in [0.4, 0.5) is 0 Å². The summed E-state index contributed by atoms with van der Waals surface area (Å²) in [5, 5.41) is 4.14. The standard InChI is InChI=1S/C24H30Cl2N2O2S/c1-16-9-11-18(12-10-16)13-28(17(2)23(30)27-24(3,4)5)22(29)15-31-14-19-20(25)7-6-8-21(19)26/h6-12,17H,13-15H2,1-5H3,(H,27,30)/t17-/m1/s1. The Hall–Kier alpha value is -1.69. The van der Waals surface area contributed by atoms with Crippen LogP contribution in [0.3, 0.4) is 0 Å². The highest BCUT2D eigenvalue weighted by atomic mass is 35.5. The van der Waals surface area contributed by atoms with Crippen molar-refractivity contribution in [3.8, 4) is 0 Å². The first-order valence-corrected chi connectivity index (χ1v) is 12.1. The van der Waals surface area contributed by atoms with Gasteiger partial charge in [0.2, 0.25) is 11.8 Å². The van der Waals surface area contributed by atoms with E-state index < -0.39 is 6.04 Å². The van der Waals surface area contributed by atoms with E-state index in [9.17, 15) is 9.59 Å². The number of benzene rings is 2. The molecule has 0 heterocycles. The van der Waals surface area contributed by atoms with Crippen LogP contribution < -0.4 is 5.32 Å². The van der Waals surface area contributed by atoms with Gasteiger partial charge < -0.3 is 10.2 Å². The minimum Gasteiger partial charge on any atom is -0.350 e. The molecule has 0 aliphatic rings. The summed E-state index contributed by atoms with van der Waals surface area (Å²) in [6, 6.07) is 12.8. The van der Waals surface area contributed by atoms with Crippen molar-refractivity contribution in [2.24, 2.45) is 0 Å². The number of hydrogen-bond acceptors (Lipinski definition) is 3. The molecule has 0 radical (unpaired) electrons. The Morgan fingerprint density at radius 2 is 1.65 bits per heavy atom. The SMILES string of the molecule is Cc1ccc(CN(C(=O)CSCc2c(Cl)cccc2Cl)[C@H](C)C(=O)NC(C)(C)C)cc1. The normalized spacial score (nSPS) is 12.4. The van der Waals surface area contributed by atoms with E-state index in [0.29, 0.717) is 22.3 Å². The molecular formula is C24H30Cl2N2O2S. The largest absolute Gasteiger partial charge is 0.350 e. The molecule has 0 aliphatic carbocycles. The molecule has 1 atom stereocenters. The number of carbonyl (C=O) groups excluding carboxylic acids is 2. The molecule has 31 heavy (non-hydrogen) atoms. The number of nitrogens with zero attached hydrogens (tertiary/aromatic N) is 1. The molecule has 0 saturated carbocycles. The Morgan fingerprint density at radius 1 is 1.06 bits per heavy atom. The van der Waals surface area contributed by atoms with Gasteiger partial charge in [0, 0.05) is 27.9 Å². The number of hydrogen-bond donors (Lipinski definition) is 1. The molecule has 0 aromatic heterocycles. The predicted octanol–water partition coefficient (Wildman–Crippen LogP) is 5.87. The predicted molar refractivity (Wildman–Crippen MR) is 132 cm³/mol. The third-order valence-electron chi connectivity index (χ3n) is 4.67. The summed E-state index contributed by atoms with van der Waals surface area (Å²) in [5.41, 5.74) is 2.56. The zero-order valence-corrected chi connectivity index (χ0v) is 21.0. The lowest BCUT2D eigenvalue weighted by Crippen LogP contribution is -2.52. The average molecular weight is 481 g/mol. The first kappa shape index (κ1) is 25.6. The molecule has 168 valence electrons. The molecule has 1 N–H and O–H groups in total. The summed E-state index contributed by atoms with van der Waals surface area (Å²) < 4.78 is 0. The maximum absolute atomic E-state index is 13.1. The number of rotatable bonds is 8. The van der Waals surface area contributed by atoms with Crippen molar-refractivity contribution in [1.82, 2.24) is 10.2 Å². The second-order valence-corrected chi connectivity index (χ2v) is 10.4. The van der Waals surface area contributed by atoms with Gasteiger partial charge in [0.25, 0.3) is 0 Å². The summed E-state index contributed by atoms with van der Waals surface area (Å²) in [7, 11) is 0. The Labute approximate surface area is 199 Å². The number of thioether (sulfide) groups is 1. The summed E-state index contributed by atoms with van der Waals surface area (Å²) in [4.78, 5) is 27.6. The van der Waals surface area contributed by atoms with Crippen LogP contribution in [-0.2, 0) is 21.9 Å². The second kappa shape index (κ2) is 11.3. The van der Waals surface area contributed by atoms with E-state index in [1.54, 1.807) is 30.0 Å². The molecule has 4 nitrogen and oxygen atoms in total. The Kier molecular flexibility index (Phi) is 9.28. The summed E-state index contributed by atoms with van der Waals surface area (Å²) in [5.74, 6) is 0.462. The van der Waals surface area contributed by atoms with Crippen LogP contribution in [0, 0.1) is 6.92 Å². The van der Waals surface area contributed by atoms with Crippen LogP contribution in [0.2, 0.25) is 10.0 Å². The van der Waals surface area contributed by atoms with E-state index in [0.717, 1.165) is 16.7 Å². The van der Waals surface area contributed by atoms with E-state index in [1.807, 2.05) is 52.0 Å². The van der Waals surface area contributed by atoms with E-state index in [-0.39, 0.29) is 23.1 Å². The van der Waals surface area contributed by atoms with Crippen molar-refractivity contribution in [2.75, 3.05) is 5.75 Å². The van der Waals surface area contributed by atoms with E-state index in [1.165, 1.54) is 11.8 Å². The first-order valence-electron chi connectivity index (χ1n) is 10.2. The van der Waals surface area contributed by atoms with Crippen LogP contribution in [0.1, 0.15) is 44.4 Å². The molecule has 0 bridgehead atoms. The summed E-state index contributed by atoms with van der Waals surface area (Å²) >= 11 is 13.9. The molecule has 0 unspecified atom stereocenters. The quantitative estimate of drug-likeness (QED) is 0.513. The minimum absolute atomic E-state index is 0.106. The fraction of sp³-hybridized carbons (Fsp3) is 0.417. The van der Waals surface area contributed by atoms with Gasteiger partial charge in [0.05, 0.1) is 5.75 Å². The average Bonchev–Trinajstić information content (AvgIpc) is 2.67. The van der Waals surface area contributed by atoms with Crippen LogP contribution in [0.15, 0.2) is 42.5 Å². The fourth-order valence-corrected chi connectivity index (χ4v) is 4.59. The second-order valence-electron chi connectivity index (χ2n) is 8.62. The molecule has 2 aromatic rings. The molecule has 2 aromatic carbocycles. The van der Waals surface area contributed by atoms with Crippen molar-refractivity contribution in [1.29, 1.82) is 0 Å². The lowest BCUT2D eigenvalue weighted by Gasteiger charge is -2.31. The van der Waals surface area contributed by atoms with Gasteiger partial charge in [0.1, 0.15) is 6.04 Å². The topological polar surface area (TPSA) is 49.4 Å². The highest BCUT2D eigenvalue weighted by Gasteiger charge is 2.28. The number of amides is 2. The monoisotopic (exact) mass is 480 g/mol. The van der Waals surface area contributed by atoms with Crippen LogP contribution in [0.5, 0.6) is 0 Å². The van der Waals surface area contributed by atoms with Gasteiger partial charge in [-0.05, 0) is 57.9 Å². The fourth-order valence-electron chi connectivity index (χ4n) is 2.94. The van der Waals surface area contributed by atoms with Crippen LogP contribution >= 0.6 is 35.0 Å². The van der Waals surface area contributed by atoms with Crippen LogP contribution in [0.25, 0.3) is 0 Å². The summed E-state index contributed by atoms with van der Waals surface area (Å²) in [6.45, 7) is 9.92. The lowest BCUT2D eigenvalue weighted by atomic mass is 10.1. The van der Waals surface area contributed by atoms with Crippen molar-refractivity contribution in [3.63, 3.8) is 0 Å². The Morgan fingerprint density at radius 3 is 2.19 bits per heavy atom. The van der Waals surface area contributed by atoms with E-state index in [4.69, 9.17) is 23.2 Å². The zero-order valence-electron chi connectivity index (χ0n) is 18.7. The first-order chi connectivity index (χ1) is 14.5. The molecule has 0 fully saturated rings. The van der Waals surface area contributed by atoms with Crippen molar-refractivity contribution in [2.45, 2.75) is 58.5 Å². The molecule has 2 amide bonds. The molecule has 7 heteroatoms. The van der Waals surface area contributed by atoms with Gasteiger partial charge in [0.15, 0.2) is 0 Å². The van der Waals surface area contributed by atoms with Crippen molar-refractivity contribution >= 4 is 46.8 Å². The lowest BCUT2D eigenvalue weighted by molar-refractivity contribution is -0.139. The maximum Gasteiger partial charge on any atom is 0.242 e. The van der Waals surface area contributed by atoms with Gasteiger partial charge >= 0.3 is 0 Å².